The van der Waals surface area contributed by atoms with Gasteiger partial charge in [-0.3, -0.25) is 0 Å². The number of rotatable bonds is 0. The van der Waals surface area contributed by atoms with E-state index in [1.165, 1.54) is 0 Å². The molecule has 0 spiro atoms. The van der Waals surface area contributed by atoms with Crippen molar-refractivity contribution in [3.8, 4) is 0 Å². The summed E-state index contributed by atoms with van der Waals surface area (Å²) >= 11 is 0. The largest absolute Gasteiger partial charge is 0.370 e. The third kappa shape index (κ3) is 3.15. The van der Waals surface area contributed by atoms with E-state index >= 15 is 0 Å². The Morgan fingerprint density at radius 1 is 1.00 bits per heavy atom. The van der Waals surface area contributed by atoms with E-state index in [2.05, 4.69) is 23.6 Å². The third-order valence-electron chi connectivity index (χ3n) is 1.43. The van der Waals surface area contributed by atoms with Crippen molar-refractivity contribution in [2.45, 2.75) is 45.7 Å². The number of hydrogen-bond acceptors (Lipinski definition) is 3. The Balaban J connectivity index is 0.0000001000. The van der Waals surface area contributed by atoms with E-state index in [9.17, 15) is 0 Å². The van der Waals surface area contributed by atoms with Crippen LogP contribution in [0.15, 0.2) is 0 Å². The summed E-state index contributed by atoms with van der Waals surface area (Å²) in [5.74, 6) is -0.250. The molecule has 2 atom stereocenters. The van der Waals surface area contributed by atoms with Crippen LogP contribution in [0.2, 0.25) is 0 Å². The molecule has 3 heteroatoms. The average Bonchev–Trinajstić information content (AvgIpc) is 2.60. The van der Waals surface area contributed by atoms with Crippen LogP contribution in [0, 0.1) is 0 Å². The van der Waals surface area contributed by atoms with Gasteiger partial charge in [0.05, 0.1) is 12.2 Å². The first-order chi connectivity index (χ1) is 4.51. The topological polar surface area (TPSA) is 37.6 Å². The minimum absolute atomic E-state index is 0.250. The Morgan fingerprint density at radius 2 is 1.20 bits per heavy atom. The van der Waals surface area contributed by atoms with Crippen molar-refractivity contribution in [2.75, 3.05) is 0 Å². The van der Waals surface area contributed by atoms with Crippen molar-refractivity contribution in [3.05, 3.63) is 0 Å². The Bertz CT molecular complexity index is 110. The number of ether oxygens (including phenoxy) is 1. The highest BCUT2D eigenvalue weighted by Crippen LogP contribution is 2.26. The maximum absolute atomic E-state index is 4.92. The van der Waals surface area contributed by atoms with Crippen LogP contribution in [0.3, 0.4) is 0 Å². The minimum Gasteiger partial charge on any atom is -0.370 e. The van der Waals surface area contributed by atoms with E-state index < -0.39 is 0 Å². The predicted octanol–water partition coefficient (Wildman–Crippen LogP) is 1.48. The van der Waals surface area contributed by atoms with Gasteiger partial charge in [-0.25, -0.2) is 0 Å². The van der Waals surface area contributed by atoms with Gasteiger partial charge in [-0.2, -0.15) is 9.78 Å². The van der Waals surface area contributed by atoms with E-state index in [0.29, 0.717) is 12.2 Å². The standard InChI is InChI=1S/C4H8O.C3H6O2/c1-3-4(2)5-3;1-3(2)4-5-3/h3-4H,1-2H3;1-2H3. The van der Waals surface area contributed by atoms with Gasteiger partial charge < -0.3 is 4.74 Å². The lowest BCUT2D eigenvalue weighted by atomic mass is 10.4. The van der Waals surface area contributed by atoms with Crippen molar-refractivity contribution < 1.29 is 14.5 Å². The van der Waals surface area contributed by atoms with Crippen molar-refractivity contribution in [2.24, 2.45) is 0 Å². The quantitative estimate of drug-likeness (QED) is 0.383. The molecule has 2 heterocycles. The molecule has 60 valence electrons. The van der Waals surface area contributed by atoms with E-state index in [-0.39, 0.29) is 5.79 Å². The van der Waals surface area contributed by atoms with E-state index in [0.717, 1.165) is 0 Å². The first-order valence-electron chi connectivity index (χ1n) is 3.53. The maximum atomic E-state index is 4.92. The molecular weight excluding hydrogens is 132 g/mol. The van der Waals surface area contributed by atoms with Crippen LogP contribution in [-0.4, -0.2) is 18.0 Å². The first-order valence-corrected chi connectivity index (χ1v) is 3.53. The van der Waals surface area contributed by atoms with Gasteiger partial charge in [0.2, 0.25) is 5.79 Å². The van der Waals surface area contributed by atoms with Gasteiger partial charge >= 0.3 is 0 Å². The fourth-order valence-corrected chi connectivity index (χ4v) is 0.377. The Morgan fingerprint density at radius 3 is 1.20 bits per heavy atom. The molecule has 0 N–H and O–H groups in total. The molecule has 2 fully saturated rings. The summed E-state index contributed by atoms with van der Waals surface area (Å²) in [4.78, 5) is 8.79. The zero-order valence-electron chi connectivity index (χ0n) is 6.88. The molecule has 2 aliphatic rings. The van der Waals surface area contributed by atoms with Crippen molar-refractivity contribution in [1.29, 1.82) is 0 Å². The molecule has 2 saturated heterocycles. The van der Waals surface area contributed by atoms with Crippen molar-refractivity contribution in [3.63, 3.8) is 0 Å². The van der Waals surface area contributed by atoms with E-state index in [1.54, 1.807) is 0 Å². The molecule has 0 aromatic carbocycles. The summed E-state index contributed by atoms with van der Waals surface area (Å²) in [5.41, 5.74) is 0. The Labute approximate surface area is 61.2 Å². The van der Waals surface area contributed by atoms with Crippen LogP contribution >= 0.6 is 0 Å². The summed E-state index contributed by atoms with van der Waals surface area (Å²) in [5, 5.41) is 0. The number of epoxide rings is 1. The van der Waals surface area contributed by atoms with Crippen molar-refractivity contribution >= 4 is 0 Å². The van der Waals surface area contributed by atoms with Gasteiger partial charge in [0, 0.05) is 0 Å². The molecule has 0 amide bonds. The van der Waals surface area contributed by atoms with Crippen LogP contribution < -0.4 is 0 Å². The minimum atomic E-state index is -0.250. The lowest BCUT2D eigenvalue weighted by molar-refractivity contribution is 0.0850. The van der Waals surface area contributed by atoms with Crippen LogP contribution in [0.5, 0.6) is 0 Å². The highest BCUT2D eigenvalue weighted by atomic mass is 17.4. The Hall–Kier alpha value is -0.120. The summed E-state index contributed by atoms with van der Waals surface area (Å²) in [7, 11) is 0. The van der Waals surface area contributed by atoms with Crippen LogP contribution in [0.4, 0.5) is 0 Å². The highest BCUT2D eigenvalue weighted by Gasteiger charge is 2.36. The monoisotopic (exact) mass is 146 g/mol. The van der Waals surface area contributed by atoms with Gasteiger partial charge in [0.25, 0.3) is 0 Å². The molecule has 0 aromatic heterocycles. The molecule has 0 saturated carbocycles. The summed E-state index contributed by atoms with van der Waals surface area (Å²) in [6.45, 7) is 7.86. The molecule has 0 aliphatic carbocycles. The SMILES string of the molecule is CC1(C)OO1.CC1OC1C. The predicted molar refractivity (Wildman–Crippen MR) is 36.3 cm³/mol. The van der Waals surface area contributed by atoms with Gasteiger partial charge in [0.1, 0.15) is 0 Å². The fraction of sp³-hybridized carbons (Fsp3) is 1.00. The second-order valence-electron chi connectivity index (χ2n) is 3.11. The van der Waals surface area contributed by atoms with Crippen LogP contribution in [0.1, 0.15) is 27.7 Å². The van der Waals surface area contributed by atoms with Gasteiger partial charge in [-0.1, -0.05) is 0 Å². The summed E-state index contributed by atoms with van der Waals surface area (Å²) in [6.07, 6.45) is 1.10. The molecule has 3 nitrogen and oxygen atoms in total. The van der Waals surface area contributed by atoms with Gasteiger partial charge in [0.15, 0.2) is 0 Å². The summed E-state index contributed by atoms with van der Waals surface area (Å²) in [6, 6.07) is 0. The van der Waals surface area contributed by atoms with E-state index in [1.807, 2.05) is 13.8 Å². The second kappa shape index (κ2) is 2.49. The van der Waals surface area contributed by atoms with Crippen LogP contribution in [-0.2, 0) is 14.5 Å². The van der Waals surface area contributed by atoms with E-state index in [4.69, 9.17) is 4.74 Å². The number of hydrogen-bond donors (Lipinski definition) is 0. The van der Waals surface area contributed by atoms with Gasteiger partial charge in [-0.15, -0.1) is 0 Å². The molecule has 2 rings (SSSR count). The zero-order chi connectivity index (χ0) is 7.78. The second-order valence-corrected chi connectivity index (χ2v) is 3.11. The molecular formula is C7H14O3. The third-order valence-corrected chi connectivity index (χ3v) is 1.43. The smallest absolute Gasteiger partial charge is 0.228 e. The molecule has 2 aliphatic heterocycles. The molecule has 0 aromatic rings. The molecule has 0 bridgehead atoms. The molecule has 2 unspecified atom stereocenters. The normalized spacial score (nSPS) is 39.6. The average molecular weight is 146 g/mol. The lowest BCUT2D eigenvalue weighted by Crippen LogP contribution is -1.89. The lowest BCUT2D eigenvalue weighted by Gasteiger charge is -1.72. The molecule has 0 radical (unpaired) electrons. The van der Waals surface area contributed by atoms with Gasteiger partial charge in [-0.05, 0) is 27.7 Å². The Kier molecular flexibility index (Phi) is 1.99. The van der Waals surface area contributed by atoms with Crippen molar-refractivity contribution in [1.82, 2.24) is 0 Å². The maximum Gasteiger partial charge on any atom is 0.228 e. The molecule has 10 heavy (non-hydrogen) atoms. The fourth-order valence-electron chi connectivity index (χ4n) is 0.377. The summed E-state index contributed by atoms with van der Waals surface area (Å²) < 4.78 is 4.92. The highest BCUT2D eigenvalue weighted by molar-refractivity contribution is 4.73. The van der Waals surface area contributed by atoms with Crippen LogP contribution in [0.25, 0.3) is 0 Å². The zero-order valence-corrected chi connectivity index (χ0v) is 6.88. The first kappa shape index (κ1) is 7.98.